The molecule has 1 radical (unpaired) electrons. The van der Waals surface area contributed by atoms with E-state index in [1.54, 1.807) is 26.2 Å². The predicted octanol–water partition coefficient (Wildman–Crippen LogP) is 6.78. The van der Waals surface area contributed by atoms with Crippen LogP contribution in [0.5, 0.6) is 0 Å². The summed E-state index contributed by atoms with van der Waals surface area (Å²) >= 11 is 0. The summed E-state index contributed by atoms with van der Waals surface area (Å²) in [7, 11) is 1.70. The van der Waals surface area contributed by atoms with Crippen molar-refractivity contribution in [1.82, 2.24) is 14.9 Å². The minimum absolute atomic E-state index is 0.112. The van der Waals surface area contributed by atoms with Crippen LogP contribution in [-0.4, -0.2) is 56.9 Å². The third kappa shape index (κ3) is 6.55. The second-order valence-electron chi connectivity index (χ2n) is 13.2. The van der Waals surface area contributed by atoms with E-state index in [0.717, 1.165) is 57.4 Å². The van der Waals surface area contributed by atoms with Gasteiger partial charge in [0.2, 0.25) is 0 Å². The number of aliphatic hydroxyl groups is 1. The monoisotopic (exact) mass is 566 g/mol. The standard InChI is InChI=1S/C34H41BN3O4/c1-32(2,3)41-31(39)38-20-8-9-29(38)30-36-27-19-16-25(21-28(27)37-30)24-12-10-22(11-13-24)23-14-17-26(18-15-23)35-42-34(6,7)33(4,5)40/h10-19,21,29,40H,8-9,20H2,1-7H3,(H,36,37)/t29-/m0/s1. The quantitative estimate of drug-likeness (QED) is 0.241. The lowest BCUT2D eigenvalue weighted by atomic mass is 9.82. The largest absolute Gasteiger partial charge is 0.444 e. The van der Waals surface area contributed by atoms with E-state index in [-0.39, 0.29) is 12.1 Å². The molecule has 1 saturated heterocycles. The lowest BCUT2D eigenvalue weighted by Gasteiger charge is -2.37. The van der Waals surface area contributed by atoms with Gasteiger partial charge < -0.3 is 19.5 Å². The number of imidazole rings is 1. The molecule has 1 amide bonds. The van der Waals surface area contributed by atoms with Crippen LogP contribution in [0.4, 0.5) is 4.79 Å². The Morgan fingerprint density at radius 3 is 2.07 bits per heavy atom. The van der Waals surface area contributed by atoms with E-state index in [1.807, 2.05) is 52.8 Å². The Kier molecular flexibility index (Phi) is 7.99. The zero-order valence-corrected chi connectivity index (χ0v) is 25.7. The number of rotatable bonds is 7. The number of ether oxygens (including phenoxy) is 1. The molecule has 0 aliphatic carbocycles. The summed E-state index contributed by atoms with van der Waals surface area (Å²) in [4.78, 5) is 22.9. The van der Waals surface area contributed by atoms with Crippen molar-refractivity contribution in [3.63, 3.8) is 0 Å². The molecule has 2 N–H and O–H groups in total. The Labute approximate surface area is 249 Å². The molecule has 0 spiro atoms. The molecule has 0 saturated carbocycles. The molecule has 4 aromatic rings. The number of likely N-dealkylation sites (tertiary alicyclic amines) is 1. The van der Waals surface area contributed by atoms with Gasteiger partial charge in [0.15, 0.2) is 0 Å². The summed E-state index contributed by atoms with van der Waals surface area (Å²) in [6.45, 7) is 13.6. The van der Waals surface area contributed by atoms with Crippen molar-refractivity contribution in [2.45, 2.75) is 84.2 Å². The fourth-order valence-corrected chi connectivity index (χ4v) is 4.93. The van der Waals surface area contributed by atoms with Gasteiger partial charge in [-0.1, -0.05) is 60.1 Å². The van der Waals surface area contributed by atoms with Crippen molar-refractivity contribution in [1.29, 1.82) is 0 Å². The number of H-pyrrole nitrogens is 1. The predicted molar refractivity (Wildman–Crippen MR) is 169 cm³/mol. The van der Waals surface area contributed by atoms with Crippen LogP contribution in [-0.2, 0) is 9.39 Å². The highest BCUT2D eigenvalue weighted by molar-refractivity contribution is 6.47. The van der Waals surface area contributed by atoms with Crippen LogP contribution in [0.2, 0.25) is 0 Å². The van der Waals surface area contributed by atoms with E-state index in [2.05, 4.69) is 53.5 Å². The molecule has 0 unspecified atom stereocenters. The molecule has 2 heterocycles. The molecule has 5 rings (SSSR count). The van der Waals surface area contributed by atoms with Crippen LogP contribution in [0.1, 0.15) is 73.2 Å². The first-order valence-electron chi connectivity index (χ1n) is 14.6. The number of nitrogens with one attached hydrogen (secondary N) is 1. The molecule has 42 heavy (non-hydrogen) atoms. The topological polar surface area (TPSA) is 87.7 Å². The highest BCUT2D eigenvalue weighted by Gasteiger charge is 2.36. The number of nitrogens with zero attached hydrogens (tertiary/aromatic N) is 2. The van der Waals surface area contributed by atoms with Gasteiger partial charge in [0.1, 0.15) is 11.4 Å². The van der Waals surface area contributed by atoms with Gasteiger partial charge >= 0.3 is 13.6 Å². The Hall–Kier alpha value is -3.62. The number of amides is 1. The molecule has 1 atom stereocenters. The summed E-state index contributed by atoms with van der Waals surface area (Å²) in [5, 5.41) is 10.3. The molecule has 219 valence electrons. The third-order valence-corrected chi connectivity index (χ3v) is 8.12. The van der Waals surface area contributed by atoms with E-state index in [1.165, 1.54) is 0 Å². The Balaban J connectivity index is 1.28. The van der Waals surface area contributed by atoms with Gasteiger partial charge in [-0.2, -0.15) is 0 Å². The Bertz CT molecular complexity index is 1550. The van der Waals surface area contributed by atoms with Crippen molar-refractivity contribution in [3.8, 4) is 22.3 Å². The van der Waals surface area contributed by atoms with E-state index in [0.29, 0.717) is 6.54 Å². The Morgan fingerprint density at radius 2 is 1.48 bits per heavy atom. The fraction of sp³-hybridized carbons (Fsp3) is 0.412. The fourth-order valence-electron chi connectivity index (χ4n) is 4.93. The normalized spacial score (nSPS) is 16.2. The molecule has 7 nitrogen and oxygen atoms in total. The summed E-state index contributed by atoms with van der Waals surface area (Å²) < 4.78 is 11.5. The number of aromatic nitrogens is 2. The Morgan fingerprint density at radius 1 is 0.905 bits per heavy atom. The number of carbonyl (C=O) groups is 1. The molecule has 3 aromatic carbocycles. The van der Waals surface area contributed by atoms with Crippen LogP contribution < -0.4 is 5.46 Å². The lowest BCUT2D eigenvalue weighted by molar-refractivity contribution is -0.0893. The first-order valence-corrected chi connectivity index (χ1v) is 14.6. The van der Waals surface area contributed by atoms with Gasteiger partial charge in [-0.25, -0.2) is 9.78 Å². The molecule has 1 aromatic heterocycles. The van der Waals surface area contributed by atoms with Crippen molar-refractivity contribution >= 4 is 30.1 Å². The molecule has 1 aliphatic heterocycles. The number of hydrogen-bond donors (Lipinski definition) is 2. The van der Waals surface area contributed by atoms with Gasteiger partial charge in [0, 0.05) is 6.54 Å². The van der Waals surface area contributed by atoms with Crippen molar-refractivity contribution in [2.75, 3.05) is 6.54 Å². The number of benzene rings is 3. The number of hydrogen-bond acceptors (Lipinski definition) is 5. The number of aromatic amines is 1. The maximum absolute atomic E-state index is 12.8. The van der Waals surface area contributed by atoms with E-state index in [9.17, 15) is 9.90 Å². The van der Waals surface area contributed by atoms with Crippen molar-refractivity contribution in [3.05, 3.63) is 72.6 Å². The zero-order valence-electron chi connectivity index (χ0n) is 25.7. The molecule has 8 heteroatoms. The highest BCUT2D eigenvalue weighted by atomic mass is 16.6. The van der Waals surface area contributed by atoms with Crippen molar-refractivity contribution < 1.29 is 19.3 Å². The maximum atomic E-state index is 12.8. The van der Waals surface area contributed by atoms with Crippen LogP contribution >= 0.6 is 0 Å². The third-order valence-electron chi connectivity index (χ3n) is 8.12. The van der Waals surface area contributed by atoms with Crippen LogP contribution in [0.15, 0.2) is 66.7 Å². The second kappa shape index (κ2) is 11.2. The number of fused-ring (bicyclic) bond motifs is 1. The molecular weight excluding hydrogens is 525 g/mol. The van der Waals surface area contributed by atoms with E-state index < -0.39 is 16.8 Å². The van der Waals surface area contributed by atoms with Crippen LogP contribution in [0, 0.1) is 0 Å². The van der Waals surface area contributed by atoms with Crippen LogP contribution in [0.3, 0.4) is 0 Å². The summed E-state index contributed by atoms with van der Waals surface area (Å²) in [6, 6.07) is 22.8. The SMILES string of the molecule is CC(C)(C)OC(=O)N1CCC[C@H]1c1nc2ccc(-c3ccc(-c4ccc([B]OC(C)(C)C(C)(C)O)cc4)cc3)cc2[nH]1. The second-order valence-corrected chi connectivity index (χ2v) is 13.2. The van der Waals surface area contributed by atoms with E-state index in [4.69, 9.17) is 14.4 Å². The molecule has 1 fully saturated rings. The van der Waals surface area contributed by atoms with Crippen LogP contribution in [0.25, 0.3) is 33.3 Å². The lowest BCUT2D eigenvalue weighted by Crippen LogP contribution is -2.49. The zero-order chi connectivity index (χ0) is 30.3. The van der Waals surface area contributed by atoms with Gasteiger partial charge in [-0.05, 0) is 95.7 Å². The first-order chi connectivity index (χ1) is 19.7. The number of carbonyl (C=O) groups excluding carboxylic acids is 1. The maximum Gasteiger partial charge on any atom is 0.410 e. The van der Waals surface area contributed by atoms with Crippen molar-refractivity contribution in [2.24, 2.45) is 0 Å². The summed E-state index contributed by atoms with van der Waals surface area (Å²) in [5.41, 5.74) is 5.00. The average molecular weight is 567 g/mol. The van der Waals surface area contributed by atoms with Gasteiger partial charge in [-0.15, -0.1) is 0 Å². The van der Waals surface area contributed by atoms with Gasteiger partial charge in [-0.3, -0.25) is 4.90 Å². The molecule has 1 aliphatic rings. The summed E-state index contributed by atoms with van der Waals surface area (Å²) in [6.07, 6.45) is 1.49. The first kappa shape index (κ1) is 29.9. The van der Waals surface area contributed by atoms with Gasteiger partial charge in [0.25, 0.3) is 0 Å². The average Bonchev–Trinajstić information content (AvgIpc) is 3.58. The molecular formula is C34H41BN3O4. The summed E-state index contributed by atoms with van der Waals surface area (Å²) in [5.74, 6) is 0.801. The highest BCUT2D eigenvalue weighted by Crippen LogP contribution is 2.34. The van der Waals surface area contributed by atoms with E-state index >= 15 is 0 Å². The smallest absolute Gasteiger partial charge is 0.410 e. The minimum Gasteiger partial charge on any atom is -0.444 e. The minimum atomic E-state index is -0.964. The van der Waals surface area contributed by atoms with Gasteiger partial charge in [0.05, 0.1) is 28.3 Å². The molecule has 0 bridgehead atoms.